The SMILES string of the molecule is Cc1ccc2c(c1)NC(c1ccc3c(c1)C(C)(C)c1cc4c(cc1-3)C(C)(C)c1cc3c(cc1-4)C(C)(C)c1cc(-c4ccc(F)cc4)ccc1-3)O2. The molecule has 0 fully saturated rings. The Bertz CT molecular complexity index is 2480. The van der Waals surface area contributed by atoms with Gasteiger partial charge in [0.1, 0.15) is 11.6 Å². The normalized spacial score (nSPS) is 18.6. The Morgan fingerprint density at radius 3 is 1.56 bits per heavy atom. The Hall–Kier alpha value is -5.15. The van der Waals surface area contributed by atoms with E-state index in [1.54, 1.807) is 12.1 Å². The molecule has 1 aliphatic heterocycles. The lowest BCUT2D eigenvalue weighted by Gasteiger charge is -2.25. The van der Waals surface area contributed by atoms with Gasteiger partial charge in [-0.3, -0.25) is 0 Å². The zero-order valence-corrected chi connectivity index (χ0v) is 29.7. The molecule has 0 saturated carbocycles. The number of nitrogens with one attached hydrogen (secondary N) is 1. The van der Waals surface area contributed by atoms with E-state index in [1.165, 1.54) is 72.3 Å². The maximum absolute atomic E-state index is 13.7. The van der Waals surface area contributed by atoms with Crippen molar-refractivity contribution in [1.82, 2.24) is 0 Å². The highest BCUT2D eigenvalue weighted by molar-refractivity contribution is 5.93. The Labute approximate surface area is 294 Å². The van der Waals surface area contributed by atoms with Crippen LogP contribution in [0.2, 0.25) is 0 Å². The second-order valence-electron chi connectivity index (χ2n) is 16.5. The minimum absolute atomic E-state index is 0.145. The molecule has 0 saturated heterocycles. The van der Waals surface area contributed by atoms with E-state index in [9.17, 15) is 4.39 Å². The number of anilines is 1. The van der Waals surface area contributed by atoms with Crippen LogP contribution in [-0.4, -0.2) is 0 Å². The lowest BCUT2D eigenvalue weighted by Crippen LogP contribution is -2.18. The second kappa shape index (κ2) is 9.54. The fourth-order valence-electron chi connectivity index (χ4n) is 9.50. The lowest BCUT2D eigenvalue weighted by atomic mass is 9.78. The summed E-state index contributed by atoms with van der Waals surface area (Å²) >= 11 is 0. The van der Waals surface area contributed by atoms with E-state index in [1.807, 2.05) is 12.1 Å². The van der Waals surface area contributed by atoms with Crippen LogP contribution in [0.3, 0.4) is 0 Å². The molecule has 0 spiro atoms. The smallest absolute Gasteiger partial charge is 0.196 e. The van der Waals surface area contributed by atoms with Crippen LogP contribution in [-0.2, 0) is 16.2 Å². The van der Waals surface area contributed by atoms with Gasteiger partial charge in [-0.15, -0.1) is 0 Å². The second-order valence-corrected chi connectivity index (χ2v) is 16.5. The molecular weight excluding hydrogens is 614 g/mol. The van der Waals surface area contributed by atoms with Crippen LogP contribution in [0.5, 0.6) is 5.75 Å². The number of aryl methyl sites for hydroxylation is 1. The minimum Gasteiger partial charge on any atom is -0.464 e. The summed E-state index contributed by atoms with van der Waals surface area (Å²) in [4.78, 5) is 0. The van der Waals surface area contributed by atoms with Crippen molar-refractivity contribution in [1.29, 1.82) is 0 Å². The zero-order chi connectivity index (χ0) is 34.5. The quantitative estimate of drug-likeness (QED) is 0.201. The van der Waals surface area contributed by atoms with Crippen molar-refractivity contribution in [2.75, 3.05) is 5.32 Å². The number of fused-ring (bicyclic) bond motifs is 10. The summed E-state index contributed by atoms with van der Waals surface area (Å²) in [5.41, 5.74) is 21.4. The van der Waals surface area contributed by atoms with Crippen LogP contribution in [0, 0.1) is 12.7 Å². The summed E-state index contributed by atoms with van der Waals surface area (Å²) in [6.07, 6.45) is -0.200. The third-order valence-corrected chi connectivity index (χ3v) is 12.4. The fraction of sp³-hybridized carbons (Fsp3) is 0.234. The maximum Gasteiger partial charge on any atom is 0.196 e. The number of hydrogen-bond donors (Lipinski definition) is 1. The van der Waals surface area contributed by atoms with Crippen molar-refractivity contribution < 1.29 is 9.13 Å². The van der Waals surface area contributed by atoms with E-state index in [0.29, 0.717) is 0 Å². The predicted octanol–water partition coefficient (Wildman–Crippen LogP) is 12.2. The average Bonchev–Trinajstić information content (AvgIpc) is 3.75. The molecule has 3 heteroatoms. The molecule has 1 atom stereocenters. The molecule has 0 bridgehead atoms. The Balaban J connectivity index is 1.06. The highest BCUT2D eigenvalue weighted by Crippen LogP contribution is 2.59. The molecule has 6 aromatic carbocycles. The average molecular weight is 654 g/mol. The molecule has 1 heterocycles. The molecule has 0 radical (unpaired) electrons. The third kappa shape index (κ3) is 3.84. The summed E-state index contributed by atoms with van der Waals surface area (Å²) < 4.78 is 20.1. The Morgan fingerprint density at radius 1 is 0.500 bits per heavy atom. The number of ether oxygens (including phenoxy) is 1. The Kier molecular flexibility index (Phi) is 5.68. The van der Waals surface area contributed by atoms with Gasteiger partial charge in [0.25, 0.3) is 0 Å². The summed E-state index contributed by atoms with van der Waals surface area (Å²) in [5.74, 6) is 0.701. The van der Waals surface area contributed by atoms with Crippen LogP contribution >= 0.6 is 0 Å². The van der Waals surface area contributed by atoms with Gasteiger partial charge in [-0.05, 0) is 151 Å². The molecular formula is C47H40FNO. The number of hydrogen-bond acceptors (Lipinski definition) is 2. The van der Waals surface area contributed by atoms with Gasteiger partial charge < -0.3 is 10.1 Å². The molecule has 50 heavy (non-hydrogen) atoms. The molecule has 0 amide bonds. The standard InChI is InChI=1S/C47H40FNO/c1-25-8-17-43-42(18-25)49-44(50-43)28-12-16-31-33-22-41-35(24-39(33)46(4,5)37(31)20-28)34-23-38-32(21-40(34)47(41,6)7)30-15-11-27(19-36(30)45(38,2)3)26-9-13-29(48)14-10-26/h8-24,44,49H,1-7H3. The largest absolute Gasteiger partial charge is 0.464 e. The van der Waals surface area contributed by atoms with Gasteiger partial charge >= 0.3 is 0 Å². The first kappa shape index (κ1) is 29.7. The molecule has 2 nitrogen and oxygen atoms in total. The van der Waals surface area contributed by atoms with Crippen molar-refractivity contribution >= 4 is 5.69 Å². The summed E-state index contributed by atoms with van der Waals surface area (Å²) in [7, 11) is 0. The molecule has 1 N–H and O–H groups in total. The van der Waals surface area contributed by atoms with Crippen molar-refractivity contribution in [3.8, 4) is 50.3 Å². The van der Waals surface area contributed by atoms with Gasteiger partial charge in [0.2, 0.25) is 0 Å². The van der Waals surface area contributed by atoms with E-state index in [0.717, 1.165) is 28.1 Å². The molecule has 1 unspecified atom stereocenters. The van der Waals surface area contributed by atoms with Crippen molar-refractivity contribution in [3.63, 3.8) is 0 Å². The van der Waals surface area contributed by atoms with Crippen LogP contribution < -0.4 is 10.1 Å². The van der Waals surface area contributed by atoms with Crippen LogP contribution in [0.15, 0.2) is 103 Å². The van der Waals surface area contributed by atoms with E-state index < -0.39 is 0 Å². The van der Waals surface area contributed by atoms with Gasteiger partial charge in [-0.1, -0.05) is 84.0 Å². The molecule has 10 rings (SSSR count). The van der Waals surface area contributed by atoms with Gasteiger partial charge in [-0.2, -0.15) is 0 Å². The Morgan fingerprint density at radius 2 is 0.980 bits per heavy atom. The fourth-order valence-corrected chi connectivity index (χ4v) is 9.50. The number of benzene rings is 6. The monoisotopic (exact) mass is 653 g/mol. The van der Waals surface area contributed by atoms with Gasteiger partial charge in [0.15, 0.2) is 6.23 Å². The van der Waals surface area contributed by atoms with E-state index in [-0.39, 0.29) is 28.3 Å². The van der Waals surface area contributed by atoms with Crippen molar-refractivity contribution in [2.45, 2.75) is 70.9 Å². The van der Waals surface area contributed by atoms with Crippen molar-refractivity contribution in [3.05, 3.63) is 153 Å². The third-order valence-electron chi connectivity index (χ3n) is 12.4. The molecule has 6 aromatic rings. The molecule has 246 valence electrons. The lowest BCUT2D eigenvalue weighted by molar-refractivity contribution is 0.259. The van der Waals surface area contributed by atoms with Gasteiger partial charge in [0, 0.05) is 21.8 Å². The van der Waals surface area contributed by atoms with Crippen molar-refractivity contribution in [2.24, 2.45) is 0 Å². The highest BCUT2D eigenvalue weighted by Gasteiger charge is 2.45. The molecule has 3 aliphatic carbocycles. The van der Waals surface area contributed by atoms with E-state index >= 15 is 0 Å². The first-order valence-electron chi connectivity index (χ1n) is 17.8. The van der Waals surface area contributed by atoms with Crippen LogP contribution in [0.4, 0.5) is 10.1 Å². The zero-order valence-electron chi connectivity index (χ0n) is 29.7. The summed E-state index contributed by atoms with van der Waals surface area (Å²) in [5, 5.41) is 3.60. The first-order valence-corrected chi connectivity index (χ1v) is 17.8. The summed E-state index contributed by atoms with van der Waals surface area (Å²) in [6, 6.07) is 36.8. The summed E-state index contributed by atoms with van der Waals surface area (Å²) in [6.45, 7) is 16.3. The van der Waals surface area contributed by atoms with Crippen LogP contribution in [0.1, 0.15) is 92.3 Å². The minimum atomic E-state index is -0.208. The predicted molar refractivity (Wildman–Crippen MR) is 203 cm³/mol. The van der Waals surface area contributed by atoms with Gasteiger partial charge in [0.05, 0.1) is 5.69 Å². The first-order chi connectivity index (χ1) is 23.8. The molecule has 4 aliphatic rings. The van der Waals surface area contributed by atoms with E-state index in [4.69, 9.17) is 4.74 Å². The molecule has 0 aromatic heterocycles. The van der Waals surface area contributed by atoms with Gasteiger partial charge in [-0.25, -0.2) is 4.39 Å². The van der Waals surface area contributed by atoms with Crippen LogP contribution in [0.25, 0.3) is 44.5 Å². The number of halogens is 1. The highest BCUT2D eigenvalue weighted by atomic mass is 19.1. The topological polar surface area (TPSA) is 21.3 Å². The number of rotatable bonds is 2. The maximum atomic E-state index is 13.7. The van der Waals surface area contributed by atoms with E-state index in [2.05, 4.69) is 133 Å².